The van der Waals surface area contributed by atoms with Gasteiger partial charge in [-0.05, 0) is 30.7 Å². The average Bonchev–Trinajstić information content (AvgIpc) is 2.43. The van der Waals surface area contributed by atoms with Gasteiger partial charge in [0.05, 0.1) is 0 Å². The molecule has 1 aliphatic heterocycles. The summed E-state index contributed by atoms with van der Waals surface area (Å²) in [6, 6.07) is 12.2. The molecule has 0 bridgehead atoms. The fourth-order valence-electron chi connectivity index (χ4n) is 3.21. The first kappa shape index (κ1) is 15.5. The largest absolute Gasteiger partial charge is 0.311 e. The third-order valence-corrected chi connectivity index (χ3v) is 4.41. The number of benzene rings is 1. The molecule has 0 spiro atoms. The van der Waals surface area contributed by atoms with Crippen LogP contribution in [-0.2, 0) is 0 Å². The van der Waals surface area contributed by atoms with Crippen LogP contribution in [-0.4, -0.2) is 36.6 Å². The fourth-order valence-corrected chi connectivity index (χ4v) is 3.21. The molecule has 3 unspecified atom stereocenters. The molecule has 1 saturated heterocycles. The highest BCUT2D eigenvalue weighted by atomic mass is 15.2. The molecule has 0 radical (unpaired) electrons. The lowest BCUT2D eigenvalue weighted by Gasteiger charge is -2.40. The Labute approximate surface area is 124 Å². The lowest BCUT2D eigenvalue weighted by molar-refractivity contribution is 0.126. The Kier molecular flexibility index (Phi) is 5.62. The maximum absolute atomic E-state index is 3.70. The van der Waals surface area contributed by atoms with E-state index in [0.29, 0.717) is 18.0 Å². The highest BCUT2D eigenvalue weighted by molar-refractivity contribution is 5.19. The van der Waals surface area contributed by atoms with Gasteiger partial charge in [0.2, 0.25) is 0 Å². The van der Waals surface area contributed by atoms with Crippen LogP contribution >= 0.6 is 0 Å². The van der Waals surface area contributed by atoms with Crippen molar-refractivity contribution in [3.05, 3.63) is 35.9 Å². The zero-order valence-corrected chi connectivity index (χ0v) is 13.5. The third kappa shape index (κ3) is 4.32. The molecule has 2 nitrogen and oxygen atoms in total. The second kappa shape index (κ2) is 7.24. The van der Waals surface area contributed by atoms with Gasteiger partial charge in [0.1, 0.15) is 0 Å². The van der Waals surface area contributed by atoms with E-state index in [1.165, 1.54) is 25.1 Å². The van der Waals surface area contributed by atoms with E-state index in [1.807, 2.05) is 0 Å². The van der Waals surface area contributed by atoms with Crippen molar-refractivity contribution in [3.8, 4) is 0 Å². The molecule has 0 aliphatic carbocycles. The van der Waals surface area contributed by atoms with Crippen LogP contribution in [0.1, 0.15) is 45.6 Å². The van der Waals surface area contributed by atoms with E-state index < -0.39 is 0 Å². The number of piperazine rings is 1. The van der Waals surface area contributed by atoms with E-state index in [-0.39, 0.29) is 0 Å². The van der Waals surface area contributed by atoms with Gasteiger partial charge in [0, 0.05) is 31.7 Å². The number of hydrogen-bond donors (Lipinski definition) is 1. The number of nitrogens with one attached hydrogen (secondary N) is 1. The zero-order chi connectivity index (χ0) is 14.5. The molecule has 2 heteroatoms. The Morgan fingerprint density at radius 3 is 2.55 bits per heavy atom. The van der Waals surface area contributed by atoms with Crippen molar-refractivity contribution in [1.29, 1.82) is 0 Å². The summed E-state index contributed by atoms with van der Waals surface area (Å²) in [7, 11) is 0. The molecule has 3 atom stereocenters. The van der Waals surface area contributed by atoms with Crippen LogP contribution in [0.15, 0.2) is 30.3 Å². The molecule has 0 aromatic heterocycles. The van der Waals surface area contributed by atoms with E-state index in [9.17, 15) is 0 Å². The molecule has 1 aliphatic rings. The van der Waals surface area contributed by atoms with Gasteiger partial charge in [0.15, 0.2) is 0 Å². The molecular formula is C18H30N2. The summed E-state index contributed by atoms with van der Waals surface area (Å²) in [6.45, 7) is 12.8. The average molecular weight is 274 g/mol. The highest BCUT2D eigenvalue weighted by Gasteiger charge is 2.26. The quantitative estimate of drug-likeness (QED) is 0.884. The summed E-state index contributed by atoms with van der Waals surface area (Å²) in [5.74, 6) is 1.38. The Morgan fingerprint density at radius 2 is 1.90 bits per heavy atom. The van der Waals surface area contributed by atoms with Crippen molar-refractivity contribution in [2.24, 2.45) is 5.92 Å². The Bertz CT molecular complexity index is 388. The first-order valence-electron chi connectivity index (χ1n) is 8.08. The van der Waals surface area contributed by atoms with E-state index >= 15 is 0 Å². The van der Waals surface area contributed by atoms with Gasteiger partial charge >= 0.3 is 0 Å². The summed E-state index contributed by atoms with van der Waals surface area (Å²) in [5.41, 5.74) is 1.46. The van der Waals surface area contributed by atoms with Crippen LogP contribution in [0.3, 0.4) is 0 Å². The zero-order valence-electron chi connectivity index (χ0n) is 13.5. The SMILES string of the molecule is CC(C)CC1CN(CC(C)c2ccccc2)C(C)CN1. The number of nitrogens with zero attached hydrogens (tertiary/aromatic N) is 1. The lowest BCUT2D eigenvalue weighted by atomic mass is 9.96. The van der Waals surface area contributed by atoms with Crippen molar-refractivity contribution in [2.45, 2.75) is 52.1 Å². The first-order valence-corrected chi connectivity index (χ1v) is 8.08. The predicted octanol–water partition coefficient (Wildman–Crippen LogP) is 3.50. The summed E-state index contributed by atoms with van der Waals surface area (Å²) in [5, 5.41) is 3.70. The predicted molar refractivity (Wildman–Crippen MR) is 87.1 cm³/mol. The van der Waals surface area contributed by atoms with Crippen LogP contribution in [0.2, 0.25) is 0 Å². The minimum Gasteiger partial charge on any atom is -0.311 e. The molecule has 20 heavy (non-hydrogen) atoms. The standard InChI is InChI=1S/C18H30N2/c1-14(2)10-18-13-20(16(4)11-19-18)12-15(3)17-8-6-5-7-9-17/h5-9,14-16,18-19H,10-13H2,1-4H3. The van der Waals surface area contributed by atoms with E-state index in [0.717, 1.165) is 12.5 Å². The maximum atomic E-state index is 3.70. The summed E-state index contributed by atoms with van der Waals surface area (Å²) in [6.07, 6.45) is 1.28. The van der Waals surface area contributed by atoms with E-state index in [1.54, 1.807) is 0 Å². The van der Waals surface area contributed by atoms with Crippen molar-refractivity contribution in [3.63, 3.8) is 0 Å². The fraction of sp³-hybridized carbons (Fsp3) is 0.667. The Balaban J connectivity index is 1.93. The summed E-state index contributed by atoms with van der Waals surface area (Å²) < 4.78 is 0. The summed E-state index contributed by atoms with van der Waals surface area (Å²) >= 11 is 0. The van der Waals surface area contributed by atoms with Crippen LogP contribution in [0.25, 0.3) is 0 Å². The van der Waals surface area contributed by atoms with Crippen molar-refractivity contribution in [2.75, 3.05) is 19.6 Å². The molecule has 1 aromatic carbocycles. The van der Waals surface area contributed by atoms with E-state index in [4.69, 9.17) is 0 Å². The van der Waals surface area contributed by atoms with Crippen LogP contribution in [0, 0.1) is 5.92 Å². The second-order valence-electron chi connectivity index (χ2n) is 6.85. The Morgan fingerprint density at radius 1 is 1.20 bits per heavy atom. The van der Waals surface area contributed by atoms with Gasteiger partial charge in [-0.2, -0.15) is 0 Å². The van der Waals surface area contributed by atoms with Gasteiger partial charge in [-0.3, -0.25) is 4.90 Å². The second-order valence-corrected chi connectivity index (χ2v) is 6.85. The third-order valence-electron chi connectivity index (χ3n) is 4.41. The molecule has 1 N–H and O–H groups in total. The van der Waals surface area contributed by atoms with Crippen LogP contribution in [0.4, 0.5) is 0 Å². The first-order chi connectivity index (χ1) is 9.56. The van der Waals surface area contributed by atoms with Gasteiger partial charge in [-0.1, -0.05) is 51.1 Å². The van der Waals surface area contributed by atoms with Crippen molar-refractivity contribution in [1.82, 2.24) is 10.2 Å². The van der Waals surface area contributed by atoms with Gasteiger partial charge in [-0.15, -0.1) is 0 Å². The van der Waals surface area contributed by atoms with Gasteiger partial charge in [0.25, 0.3) is 0 Å². The minimum absolute atomic E-state index is 0.608. The molecule has 1 fully saturated rings. The Hall–Kier alpha value is -0.860. The van der Waals surface area contributed by atoms with Gasteiger partial charge < -0.3 is 5.32 Å². The highest BCUT2D eigenvalue weighted by Crippen LogP contribution is 2.20. The number of hydrogen-bond acceptors (Lipinski definition) is 2. The molecule has 1 heterocycles. The van der Waals surface area contributed by atoms with Crippen molar-refractivity contribution < 1.29 is 0 Å². The normalized spacial score (nSPS) is 25.9. The summed E-state index contributed by atoms with van der Waals surface area (Å²) in [4.78, 5) is 2.67. The monoisotopic (exact) mass is 274 g/mol. The lowest BCUT2D eigenvalue weighted by Crippen LogP contribution is -2.56. The molecule has 0 saturated carbocycles. The smallest absolute Gasteiger partial charge is 0.0198 e. The molecule has 2 rings (SSSR count). The number of rotatable bonds is 5. The van der Waals surface area contributed by atoms with Gasteiger partial charge in [-0.25, -0.2) is 0 Å². The topological polar surface area (TPSA) is 15.3 Å². The molecule has 0 amide bonds. The van der Waals surface area contributed by atoms with Crippen LogP contribution < -0.4 is 5.32 Å². The molecule has 1 aromatic rings. The molecule has 112 valence electrons. The molecular weight excluding hydrogens is 244 g/mol. The van der Waals surface area contributed by atoms with Crippen LogP contribution in [0.5, 0.6) is 0 Å². The van der Waals surface area contributed by atoms with Crippen molar-refractivity contribution >= 4 is 0 Å². The van der Waals surface area contributed by atoms with E-state index in [2.05, 4.69) is 68.2 Å². The maximum Gasteiger partial charge on any atom is 0.0198 e. The minimum atomic E-state index is 0.608.